The lowest BCUT2D eigenvalue weighted by Crippen LogP contribution is -2.50. The minimum absolute atomic E-state index is 0.0193. The van der Waals surface area contributed by atoms with Gasteiger partial charge in [-0.1, -0.05) is 18.2 Å². The molecule has 0 spiro atoms. The standard InChI is InChI=1S/C27H31N7O2/c1-17-4-3-5-19-16-28-27(32-24(17)19)31-20-14-22(25-23(15-20)29-18(2)30-25)26(35)34-8-6-21(7-9-34)33-10-12-36-13-11-33/h3-5,14-16,21H,6-13H2,1-2H3,(H,29,30)(H,28,31,32). The summed E-state index contributed by atoms with van der Waals surface area (Å²) >= 11 is 0. The Kier molecular flexibility index (Phi) is 6.02. The van der Waals surface area contributed by atoms with Crippen LogP contribution in [0.1, 0.15) is 34.6 Å². The molecule has 0 atom stereocenters. The van der Waals surface area contributed by atoms with Gasteiger partial charge in [0.1, 0.15) is 11.3 Å². The zero-order chi connectivity index (χ0) is 24.6. The molecule has 4 aromatic rings. The molecule has 9 heteroatoms. The second-order valence-corrected chi connectivity index (χ2v) is 9.75. The van der Waals surface area contributed by atoms with Crippen molar-refractivity contribution < 1.29 is 9.53 Å². The first-order chi connectivity index (χ1) is 17.5. The first-order valence-electron chi connectivity index (χ1n) is 12.7. The number of para-hydroxylation sites is 1. The van der Waals surface area contributed by atoms with Gasteiger partial charge in [-0.25, -0.2) is 15.0 Å². The highest BCUT2D eigenvalue weighted by Gasteiger charge is 2.29. The number of ether oxygens (including phenoxy) is 1. The van der Waals surface area contributed by atoms with E-state index in [0.29, 0.717) is 23.1 Å². The van der Waals surface area contributed by atoms with E-state index >= 15 is 0 Å². The number of likely N-dealkylation sites (tertiary alicyclic amines) is 1. The Hall–Kier alpha value is -3.56. The molecule has 36 heavy (non-hydrogen) atoms. The predicted molar refractivity (Wildman–Crippen MR) is 140 cm³/mol. The monoisotopic (exact) mass is 485 g/mol. The molecule has 2 fully saturated rings. The van der Waals surface area contributed by atoms with Crippen LogP contribution in [0.25, 0.3) is 21.9 Å². The fourth-order valence-electron chi connectivity index (χ4n) is 5.42. The van der Waals surface area contributed by atoms with Crippen molar-refractivity contribution in [3.8, 4) is 0 Å². The minimum Gasteiger partial charge on any atom is -0.379 e. The number of H-pyrrole nitrogens is 1. The van der Waals surface area contributed by atoms with Crippen LogP contribution in [0.3, 0.4) is 0 Å². The van der Waals surface area contributed by atoms with E-state index in [0.717, 1.165) is 85.7 Å². The fourth-order valence-corrected chi connectivity index (χ4v) is 5.42. The van der Waals surface area contributed by atoms with Crippen LogP contribution in [0.5, 0.6) is 0 Å². The van der Waals surface area contributed by atoms with E-state index in [2.05, 4.69) is 25.2 Å². The number of imidazole rings is 1. The number of amides is 1. The predicted octanol–water partition coefficient (Wildman–Crippen LogP) is 3.80. The van der Waals surface area contributed by atoms with Crippen LogP contribution in [-0.2, 0) is 4.74 Å². The van der Waals surface area contributed by atoms with Crippen LogP contribution in [0, 0.1) is 13.8 Å². The molecule has 6 rings (SSSR count). The van der Waals surface area contributed by atoms with E-state index in [4.69, 9.17) is 9.72 Å². The van der Waals surface area contributed by atoms with Gasteiger partial charge < -0.3 is 19.9 Å². The molecule has 0 bridgehead atoms. The molecular weight excluding hydrogens is 454 g/mol. The number of nitrogens with zero attached hydrogens (tertiary/aromatic N) is 5. The molecule has 2 aliphatic heterocycles. The Morgan fingerprint density at radius 1 is 1.06 bits per heavy atom. The third-order valence-corrected chi connectivity index (χ3v) is 7.32. The second kappa shape index (κ2) is 9.48. The first-order valence-corrected chi connectivity index (χ1v) is 12.7. The van der Waals surface area contributed by atoms with Crippen LogP contribution in [-0.4, -0.2) is 81.1 Å². The number of aromatic amines is 1. The maximum absolute atomic E-state index is 13.7. The van der Waals surface area contributed by atoms with Gasteiger partial charge in [0.25, 0.3) is 5.91 Å². The van der Waals surface area contributed by atoms with Gasteiger partial charge in [0.05, 0.1) is 29.8 Å². The number of aromatic nitrogens is 4. The van der Waals surface area contributed by atoms with E-state index in [1.54, 1.807) is 0 Å². The second-order valence-electron chi connectivity index (χ2n) is 9.75. The molecule has 2 saturated heterocycles. The lowest BCUT2D eigenvalue weighted by molar-refractivity contribution is 0.00161. The summed E-state index contributed by atoms with van der Waals surface area (Å²) in [4.78, 5) is 35.3. The lowest BCUT2D eigenvalue weighted by Gasteiger charge is -2.40. The van der Waals surface area contributed by atoms with Crippen molar-refractivity contribution in [3.63, 3.8) is 0 Å². The quantitative estimate of drug-likeness (QED) is 0.454. The number of anilines is 2. The Morgan fingerprint density at radius 3 is 2.67 bits per heavy atom. The topological polar surface area (TPSA) is 99.3 Å². The largest absolute Gasteiger partial charge is 0.379 e. The summed E-state index contributed by atoms with van der Waals surface area (Å²) in [5.41, 5.74) is 4.88. The lowest BCUT2D eigenvalue weighted by atomic mass is 10.0. The van der Waals surface area contributed by atoms with Gasteiger partial charge in [-0.2, -0.15) is 0 Å². The smallest absolute Gasteiger partial charge is 0.256 e. The summed E-state index contributed by atoms with van der Waals surface area (Å²) in [5, 5.41) is 4.31. The zero-order valence-electron chi connectivity index (χ0n) is 20.8. The highest BCUT2D eigenvalue weighted by Crippen LogP contribution is 2.28. The van der Waals surface area contributed by atoms with E-state index in [1.165, 1.54) is 0 Å². The summed E-state index contributed by atoms with van der Waals surface area (Å²) in [6.45, 7) is 9.01. The van der Waals surface area contributed by atoms with Crippen molar-refractivity contribution in [1.29, 1.82) is 0 Å². The fraction of sp³-hybridized carbons (Fsp3) is 0.407. The van der Waals surface area contributed by atoms with Gasteiger partial charge in [0.15, 0.2) is 0 Å². The number of carbonyl (C=O) groups is 1. The number of hydrogen-bond donors (Lipinski definition) is 2. The molecule has 0 unspecified atom stereocenters. The highest BCUT2D eigenvalue weighted by molar-refractivity contribution is 6.06. The molecule has 9 nitrogen and oxygen atoms in total. The zero-order valence-corrected chi connectivity index (χ0v) is 20.8. The summed E-state index contributed by atoms with van der Waals surface area (Å²) < 4.78 is 5.50. The van der Waals surface area contributed by atoms with Gasteiger partial charge in [0.2, 0.25) is 5.95 Å². The number of carbonyl (C=O) groups excluding carboxylic acids is 1. The van der Waals surface area contributed by atoms with Crippen molar-refractivity contribution in [3.05, 3.63) is 53.5 Å². The van der Waals surface area contributed by atoms with Gasteiger partial charge in [-0.15, -0.1) is 0 Å². The Bertz CT molecular complexity index is 1420. The third kappa shape index (κ3) is 4.40. The van der Waals surface area contributed by atoms with Crippen molar-refractivity contribution in [1.82, 2.24) is 29.7 Å². The molecule has 2 aliphatic rings. The average Bonchev–Trinajstić information content (AvgIpc) is 3.29. The molecule has 1 amide bonds. The molecule has 4 heterocycles. The van der Waals surface area contributed by atoms with E-state index < -0.39 is 0 Å². The molecule has 0 saturated carbocycles. The van der Waals surface area contributed by atoms with E-state index in [-0.39, 0.29) is 5.91 Å². The number of benzene rings is 2. The Morgan fingerprint density at radius 2 is 1.86 bits per heavy atom. The number of aryl methyl sites for hydroxylation is 2. The molecular formula is C27H31N7O2. The van der Waals surface area contributed by atoms with Crippen LogP contribution < -0.4 is 5.32 Å². The SMILES string of the molecule is Cc1nc2c(C(=O)N3CCC(N4CCOCC4)CC3)cc(Nc3ncc4cccc(C)c4n3)cc2[nH]1. The Balaban J connectivity index is 1.26. The number of hydrogen-bond acceptors (Lipinski definition) is 7. The van der Waals surface area contributed by atoms with Crippen LogP contribution in [0.4, 0.5) is 11.6 Å². The number of morpholine rings is 1. The Labute approximate surface area is 209 Å². The van der Waals surface area contributed by atoms with E-state index in [1.807, 2.05) is 55.3 Å². The maximum Gasteiger partial charge on any atom is 0.256 e. The van der Waals surface area contributed by atoms with Crippen LogP contribution >= 0.6 is 0 Å². The highest BCUT2D eigenvalue weighted by atomic mass is 16.5. The molecule has 186 valence electrons. The first kappa shape index (κ1) is 22.9. The number of piperidine rings is 1. The number of rotatable bonds is 4. The van der Waals surface area contributed by atoms with Crippen molar-refractivity contribution >= 4 is 39.5 Å². The number of fused-ring (bicyclic) bond motifs is 2. The van der Waals surface area contributed by atoms with Crippen LogP contribution in [0.2, 0.25) is 0 Å². The molecule has 0 radical (unpaired) electrons. The third-order valence-electron chi connectivity index (χ3n) is 7.32. The van der Waals surface area contributed by atoms with Crippen molar-refractivity contribution in [2.45, 2.75) is 32.7 Å². The summed E-state index contributed by atoms with van der Waals surface area (Å²) in [7, 11) is 0. The van der Waals surface area contributed by atoms with Gasteiger partial charge in [0, 0.05) is 49.5 Å². The molecule has 0 aliphatic carbocycles. The normalized spacial score (nSPS) is 17.7. The number of nitrogens with one attached hydrogen (secondary N) is 2. The summed E-state index contributed by atoms with van der Waals surface area (Å²) in [6.07, 6.45) is 3.79. The van der Waals surface area contributed by atoms with Gasteiger partial charge in [-0.05, 0) is 44.4 Å². The summed E-state index contributed by atoms with van der Waals surface area (Å²) in [6, 6.07) is 10.4. The van der Waals surface area contributed by atoms with Crippen LogP contribution in [0.15, 0.2) is 36.5 Å². The van der Waals surface area contributed by atoms with Crippen molar-refractivity contribution in [2.75, 3.05) is 44.7 Å². The minimum atomic E-state index is 0.0193. The molecule has 2 aromatic heterocycles. The maximum atomic E-state index is 13.7. The molecule has 2 aromatic carbocycles. The summed E-state index contributed by atoms with van der Waals surface area (Å²) in [5.74, 6) is 1.29. The van der Waals surface area contributed by atoms with Crippen molar-refractivity contribution in [2.24, 2.45) is 0 Å². The van der Waals surface area contributed by atoms with E-state index in [9.17, 15) is 4.79 Å². The van der Waals surface area contributed by atoms with Gasteiger partial charge in [-0.3, -0.25) is 9.69 Å². The average molecular weight is 486 g/mol. The van der Waals surface area contributed by atoms with Gasteiger partial charge >= 0.3 is 0 Å². The molecule has 2 N–H and O–H groups in total.